The first-order valence-electron chi connectivity index (χ1n) is 10.3. The molecule has 1 aliphatic heterocycles. The van der Waals surface area contributed by atoms with E-state index in [1.165, 1.54) is 0 Å². The summed E-state index contributed by atoms with van der Waals surface area (Å²) in [5, 5.41) is 5.85. The van der Waals surface area contributed by atoms with E-state index in [-0.39, 0.29) is 29.7 Å². The third-order valence-electron chi connectivity index (χ3n) is 5.52. The predicted molar refractivity (Wildman–Crippen MR) is 109 cm³/mol. The lowest BCUT2D eigenvalue weighted by molar-refractivity contribution is -0.121. The number of anilines is 2. The van der Waals surface area contributed by atoms with Gasteiger partial charge in [0.05, 0.1) is 0 Å². The van der Waals surface area contributed by atoms with Gasteiger partial charge in [-0.3, -0.25) is 9.59 Å². The molecule has 0 radical (unpaired) electrons. The summed E-state index contributed by atoms with van der Waals surface area (Å²) >= 11 is 0. The van der Waals surface area contributed by atoms with Crippen molar-refractivity contribution in [1.29, 1.82) is 0 Å². The van der Waals surface area contributed by atoms with Crippen LogP contribution in [0, 0.1) is 11.8 Å². The van der Waals surface area contributed by atoms with Gasteiger partial charge in [0.2, 0.25) is 11.8 Å². The first kappa shape index (κ1) is 20.2. The minimum atomic E-state index is -0.106. The number of carbonyl (C=O) groups excluding carboxylic acids is 3. The average molecular weight is 386 g/mol. The molecule has 0 unspecified atom stereocenters. The molecule has 1 heterocycles. The highest BCUT2D eigenvalue weighted by Crippen LogP contribution is 2.30. The molecule has 1 aromatic carbocycles. The quantitative estimate of drug-likeness (QED) is 0.788. The van der Waals surface area contributed by atoms with Gasteiger partial charge in [-0.25, -0.2) is 4.79 Å². The summed E-state index contributed by atoms with van der Waals surface area (Å²) in [5.74, 6) is 0.0577. The lowest BCUT2D eigenvalue weighted by atomic mass is 9.96. The molecule has 1 aliphatic carbocycles. The molecule has 152 valence electrons. The molecule has 4 amide bonds. The third kappa shape index (κ3) is 5.03. The minimum Gasteiger partial charge on any atom is -0.326 e. The Morgan fingerprint density at radius 1 is 0.929 bits per heavy atom. The van der Waals surface area contributed by atoms with Crippen molar-refractivity contribution >= 4 is 29.2 Å². The van der Waals surface area contributed by atoms with Crippen LogP contribution in [0.2, 0.25) is 0 Å². The number of nitrogens with one attached hydrogen (secondary N) is 2. The molecule has 2 fully saturated rings. The zero-order valence-electron chi connectivity index (χ0n) is 16.7. The number of likely N-dealkylation sites (tertiary alicyclic amines) is 1. The Balaban J connectivity index is 1.50. The van der Waals surface area contributed by atoms with Gasteiger partial charge in [-0.05, 0) is 57.7 Å². The lowest BCUT2D eigenvalue weighted by Crippen LogP contribution is -2.47. The largest absolute Gasteiger partial charge is 0.326 e. The number of rotatable bonds is 6. The first-order chi connectivity index (χ1) is 13.5. The normalized spacial score (nSPS) is 17.1. The van der Waals surface area contributed by atoms with Gasteiger partial charge in [-0.1, -0.05) is 6.07 Å². The highest BCUT2D eigenvalue weighted by molar-refractivity contribution is 5.96. The summed E-state index contributed by atoms with van der Waals surface area (Å²) in [5.41, 5.74) is 1.38. The topological polar surface area (TPSA) is 81.8 Å². The molecular weight excluding hydrogens is 356 g/mol. The number of benzene rings is 1. The number of urea groups is 1. The van der Waals surface area contributed by atoms with Crippen LogP contribution in [0.15, 0.2) is 24.3 Å². The van der Waals surface area contributed by atoms with Gasteiger partial charge in [0.25, 0.3) is 0 Å². The molecule has 7 heteroatoms. The Morgan fingerprint density at radius 3 is 1.89 bits per heavy atom. The monoisotopic (exact) mass is 386 g/mol. The zero-order chi connectivity index (χ0) is 20.1. The number of hydrogen-bond donors (Lipinski definition) is 2. The Kier molecular flexibility index (Phi) is 6.54. The maximum atomic E-state index is 12.6. The summed E-state index contributed by atoms with van der Waals surface area (Å²) in [6.45, 7) is 6.55. The molecule has 28 heavy (non-hydrogen) atoms. The zero-order valence-corrected chi connectivity index (χ0v) is 16.7. The number of carbonyl (C=O) groups is 3. The fraction of sp³-hybridized carbons (Fsp3) is 0.571. The second-order valence-corrected chi connectivity index (χ2v) is 7.55. The standard InChI is InChI=1S/C21H30N4O3/c1-3-24(4-2)21(28)25-12-10-16(11-13-25)20(27)23-18-7-5-6-17(14-18)22-19(26)15-8-9-15/h5-7,14-16H,3-4,8-13H2,1-2H3,(H,22,26)(H,23,27). The smallest absolute Gasteiger partial charge is 0.319 e. The first-order valence-corrected chi connectivity index (χ1v) is 10.3. The van der Waals surface area contributed by atoms with Crippen molar-refractivity contribution in [3.63, 3.8) is 0 Å². The van der Waals surface area contributed by atoms with Crippen molar-refractivity contribution in [2.24, 2.45) is 11.8 Å². The molecule has 1 aromatic rings. The van der Waals surface area contributed by atoms with Gasteiger partial charge in [-0.2, -0.15) is 0 Å². The van der Waals surface area contributed by atoms with E-state index in [0.29, 0.717) is 50.4 Å². The van der Waals surface area contributed by atoms with Crippen LogP contribution >= 0.6 is 0 Å². The maximum Gasteiger partial charge on any atom is 0.319 e. The average Bonchev–Trinajstić information content (AvgIpc) is 3.54. The van der Waals surface area contributed by atoms with Crippen molar-refractivity contribution < 1.29 is 14.4 Å². The van der Waals surface area contributed by atoms with Crippen molar-refractivity contribution in [2.75, 3.05) is 36.8 Å². The van der Waals surface area contributed by atoms with E-state index in [0.717, 1.165) is 12.8 Å². The van der Waals surface area contributed by atoms with Crippen LogP contribution in [0.4, 0.5) is 16.2 Å². The second kappa shape index (κ2) is 9.08. The van der Waals surface area contributed by atoms with Gasteiger partial charge in [0.1, 0.15) is 0 Å². The molecule has 0 aromatic heterocycles. The Labute approximate surface area is 166 Å². The maximum absolute atomic E-state index is 12.6. The van der Waals surface area contributed by atoms with Gasteiger partial charge in [-0.15, -0.1) is 0 Å². The van der Waals surface area contributed by atoms with E-state index in [1.807, 2.05) is 41.8 Å². The van der Waals surface area contributed by atoms with Crippen molar-refractivity contribution in [2.45, 2.75) is 39.5 Å². The van der Waals surface area contributed by atoms with E-state index >= 15 is 0 Å². The SMILES string of the molecule is CCN(CC)C(=O)N1CCC(C(=O)Nc2cccc(NC(=O)C3CC3)c2)CC1. The molecule has 0 spiro atoms. The van der Waals surface area contributed by atoms with Crippen molar-refractivity contribution in [3.05, 3.63) is 24.3 Å². The number of nitrogens with zero attached hydrogens (tertiary/aromatic N) is 2. The fourth-order valence-electron chi connectivity index (χ4n) is 3.54. The highest BCUT2D eigenvalue weighted by atomic mass is 16.2. The predicted octanol–water partition coefficient (Wildman–Crippen LogP) is 3.15. The summed E-state index contributed by atoms with van der Waals surface area (Å²) in [6, 6.07) is 7.32. The van der Waals surface area contributed by atoms with Crippen molar-refractivity contribution in [3.8, 4) is 0 Å². The Morgan fingerprint density at radius 2 is 1.43 bits per heavy atom. The second-order valence-electron chi connectivity index (χ2n) is 7.55. The van der Waals surface area contributed by atoms with Crippen LogP contribution in [0.25, 0.3) is 0 Å². The van der Waals surface area contributed by atoms with Crippen LogP contribution in [0.5, 0.6) is 0 Å². The summed E-state index contributed by atoms with van der Waals surface area (Å²) in [7, 11) is 0. The van der Waals surface area contributed by atoms with Crippen LogP contribution in [-0.4, -0.2) is 53.8 Å². The molecule has 3 rings (SSSR count). The molecule has 1 saturated carbocycles. The van der Waals surface area contributed by atoms with Crippen LogP contribution in [0.1, 0.15) is 39.5 Å². The van der Waals surface area contributed by atoms with Gasteiger partial charge >= 0.3 is 6.03 Å². The highest BCUT2D eigenvalue weighted by Gasteiger charge is 2.30. The number of amides is 4. The minimum absolute atomic E-state index is 0.0272. The summed E-state index contributed by atoms with van der Waals surface area (Å²) in [6.07, 6.45) is 3.24. The van der Waals surface area contributed by atoms with E-state index in [9.17, 15) is 14.4 Å². The molecular formula is C21H30N4O3. The molecule has 2 aliphatic rings. The van der Waals surface area contributed by atoms with Crippen LogP contribution < -0.4 is 10.6 Å². The number of hydrogen-bond acceptors (Lipinski definition) is 3. The lowest BCUT2D eigenvalue weighted by Gasteiger charge is -2.34. The Bertz CT molecular complexity index is 720. The van der Waals surface area contributed by atoms with Gasteiger partial charge in [0, 0.05) is 49.4 Å². The summed E-state index contributed by atoms with van der Waals surface area (Å²) < 4.78 is 0. The molecule has 0 bridgehead atoms. The van der Waals surface area contributed by atoms with Gasteiger partial charge in [0.15, 0.2) is 0 Å². The Hall–Kier alpha value is -2.57. The summed E-state index contributed by atoms with van der Waals surface area (Å²) in [4.78, 5) is 40.6. The molecule has 0 atom stereocenters. The van der Waals surface area contributed by atoms with E-state index < -0.39 is 0 Å². The van der Waals surface area contributed by atoms with E-state index in [2.05, 4.69) is 10.6 Å². The van der Waals surface area contributed by atoms with E-state index in [4.69, 9.17) is 0 Å². The van der Waals surface area contributed by atoms with Gasteiger partial charge < -0.3 is 20.4 Å². The van der Waals surface area contributed by atoms with Crippen molar-refractivity contribution in [1.82, 2.24) is 9.80 Å². The molecule has 2 N–H and O–H groups in total. The number of piperidine rings is 1. The molecule has 1 saturated heterocycles. The fourth-order valence-corrected chi connectivity index (χ4v) is 3.54. The van der Waals surface area contributed by atoms with E-state index in [1.54, 1.807) is 6.07 Å². The molecule has 7 nitrogen and oxygen atoms in total. The van der Waals surface area contributed by atoms with Crippen LogP contribution in [0.3, 0.4) is 0 Å². The van der Waals surface area contributed by atoms with Crippen LogP contribution in [-0.2, 0) is 9.59 Å². The third-order valence-corrected chi connectivity index (χ3v) is 5.52.